The van der Waals surface area contributed by atoms with Gasteiger partial charge in [-0.25, -0.2) is 0 Å². The van der Waals surface area contributed by atoms with Gasteiger partial charge in [-0.3, -0.25) is 0 Å². The Bertz CT molecular complexity index is 412. The summed E-state index contributed by atoms with van der Waals surface area (Å²) in [6, 6.07) is 0. The summed E-state index contributed by atoms with van der Waals surface area (Å²) in [7, 11) is -0.375. The quantitative estimate of drug-likeness (QED) is 0.758. The van der Waals surface area contributed by atoms with E-state index in [-0.39, 0.29) is 18.3 Å². The molecular weight excluding hydrogens is 236 g/mol. The van der Waals surface area contributed by atoms with Gasteiger partial charge in [0.1, 0.15) is 0 Å². The predicted molar refractivity (Wildman–Crippen MR) is 70.8 cm³/mol. The zero-order chi connectivity index (χ0) is 12.8. The number of halogens is 1. The topological polar surface area (TPSA) is 23.4 Å². The van der Waals surface area contributed by atoms with E-state index in [0.717, 1.165) is 12.0 Å². The van der Waals surface area contributed by atoms with Crippen LogP contribution in [0, 0.1) is 0 Å². The Labute approximate surface area is 108 Å². The molecule has 0 saturated carbocycles. The lowest BCUT2D eigenvalue weighted by Gasteiger charge is -2.32. The number of hydrogen-bond donors (Lipinski definition) is 0. The van der Waals surface area contributed by atoms with Crippen molar-refractivity contribution in [3.63, 3.8) is 0 Å². The van der Waals surface area contributed by atoms with Crippen LogP contribution >= 0.6 is 11.6 Å². The van der Waals surface area contributed by atoms with E-state index in [1.54, 1.807) is 0 Å². The summed E-state index contributed by atoms with van der Waals surface area (Å²) in [6.45, 7) is 11.1. The Kier molecular flexibility index (Phi) is 3.09. The van der Waals surface area contributed by atoms with Crippen LogP contribution in [0.5, 0.6) is 0 Å². The lowest BCUT2D eigenvalue weighted by molar-refractivity contribution is 0.00578. The van der Waals surface area contributed by atoms with E-state index in [9.17, 15) is 0 Å². The monoisotopic (exact) mass is 255 g/mol. The van der Waals surface area contributed by atoms with Gasteiger partial charge in [0.05, 0.1) is 16.2 Å². The van der Waals surface area contributed by atoms with Gasteiger partial charge in [0.2, 0.25) is 0 Å². The van der Waals surface area contributed by atoms with Gasteiger partial charge in [0.25, 0.3) is 0 Å². The number of aryl methyl sites for hydroxylation is 1. The van der Waals surface area contributed by atoms with Crippen molar-refractivity contribution >= 4 is 24.2 Å². The highest BCUT2D eigenvalue weighted by Gasteiger charge is 2.52. The number of aromatic nitrogens is 1. The average Bonchev–Trinajstić information content (AvgIpc) is 2.66. The van der Waals surface area contributed by atoms with Crippen molar-refractivity contribution in [2.75, 3.05) is 0 Å². The molecule has 3 nitrogen and oxygen atoms in total. The molecule has 0 aromatic carbocycles. The van der Waals surface area contributed by atoms with Crippen molar-refractivity contribution < 1.29 is 9.31 Å². The molecular formula is C12H19BClNO2. The van der Waals surface area contributed by atoms with Gasteiger partial charge in [-0.2, -0.15) is 0 Å². The summed E-state index contributed by atoms with van der Waals surface area (Å²) >= 11 is 6.21. The summed E-state index contributed by atoms with van der Waals surface area (Å²) in [5, 5.41) is 0.699. The number of hydrogen-bond acceptors (Lipinski definition) is 2. The van der Waals surface area contributed by atoms with Crippen LogP contribution in [-0.2, 0) is 15.9 Å². The lowest BCUT2D eigenvalue weighted by atomic mass is 9.81. The fourth-order valence-corrected chi connectivity index (χ4v) is 2.09. The van der Waals surface area contributed by atoms with Gasteiger partial charge < -0.3 is 13.9 Å². The molecule has 17 heavy (non-hydrogen) atoms. The summed E-state index contributed by atoms with van der Waals surface area (Å²) in [6.07, 6.45) is 3.90. The highest BCUT2D eigenvalue weighted by Crippen LogP contribution is 2.37. The number of nitrogens with zero attached hydrogens (tertiary/aromatic N) is 1. The van der Waals surface area contributed by atoms with Crippen molar-refractivity contribution in [2.24, 2.45) is 0 Å². The molecule has 5 heteroatoms. The molecule has 1 fully saturated rings. The minimum absolute atomic E-state index is 0.324. The van der Waals surface area contributed by atoms with Crippen molar-refractivity contribution in [1.29, 1.82) is 0 Å². The highest BCUT2D eigenvalue weighted by molar-refractivity contribution is 6.65. The molecule has 0 radical (unpaired) electrons. The minimum Gasteiger partial charge on any atom is -0.399 e. The first-order valence-electron chi connectivity index (χ1n) is 5.97. The van der Waals surface area contributed by atoms with Crippen LogP contribution in [0.1, 0.15) is 34.6 Å². The van der Waals surface area contributed by atoms with Crippen molar-refractivity contribution in [3.05, 3.63) is 17.4 Å². The second-order valence-corrected chi connectivity index (χ2v) is 5.89. The SMILES string of the molecule is CCn1cc(Cl)c(B2OC(C)(C)C(C)(C)O2)c1. The molecule has 1 aliphatic heterocycles. The van der Waals surface area contributed by atoms with Crippen LogP contribution < -0.4 is 5.46 Å². The summed E-state index contributed by atoms with van der Waals surface area (Å²) in [4.78, 5) is 0. The Morgan fingerprint density at radius 1 is 1.18 bits per heavy atom. The standard InChI is InChI=1S/C12H19BClNO2/c1-6-15-7-9(10(14)8-15)13-16-11(2,3)12(4,5)17-13/h7-8H,6H2,1-5H3. The lowest BCUT2D eigenvalue weighted by Crippen LogP contribution is -2.41. The fourth-order valence-electron chi connectivity index (χ4n) is 1.82. The molecule has 1 saturated heterocycles. The minimum atomic E-state index is -0.375. The van der Waals surface area contributed by atoms with Crippen LogP contribution in [0.3, 0.4) is 0 Å². The van der Waals surface area contributed by atoms with E-state index in [1.807, 2.05) is 44.7 Å². The van der Waals surface area contributed by atoms with E-state index in [2.05, 4.69) is 6.92 Å². The third-order valence-electron chi connectivity index (χ3n) is 3.73. The van der Waals surface area contributed by atoms with Crippen LogP contribution in [0.2, 0.25) is 5.02 Å². The van der Waals surface area contributed by atoms with E-state index in [0.29, 0.717) is 5.02 Å². The number of rotatable bonds is 2. The first-order valence-corrected chi connectivity index (χ1v) is 6.35. The first-order chi connectivity index (χ1) is 7.77. The molecule has 2 heterocycles. The smallest absolute Gasteiger partial charge is 0.399 e. The van der Waals surface area contributed by atoms with Crippen LogP contribution in [0.15, 0.2) is 12.4 Å². The summed E-state index contributed by atoms with van der Waals surface area (Å²) in [5.41, 5.74) is 0.261. The molecule has 1 aromatic rings. The maximum absolute atomic E-state index is 6.21. The predicted octanol–water partition coefficient (Wildman–Crippen LogP) is 2.46. The Morgan fingerprint density at radius 2 is 1.71 bits per heavy atom. The molecule has 0 unspecified atom stereocenters. The Balaban J connectivity index is 2.28. The van der Waals surface area contributed by atoms with Gasteiger partial charge >= 0.3 is 7.12 Å². The summed E-state index contributed by atoms with van der Waals surface area (Å²) < 4.78 is 14.0. The van der Waals surface area contributed by atoms with Gasteiger partial charge in [0.15, 0.2) is 0 Å². The average molecular weight is 256 g/mol. The van der Waals surface area contributed by atoms with Crippen molar-refractivity contribution in [2.45, 2.75) is 52.4 Å². The molecule has 94 valence electrons. The van der Waals surface area contributed by atoms with Gasteiger partial charge in [-0.05, 0) is 34.6 Å². The molecule has 1 aromatic heterocycles. The van der Waals surface area contributed by atoms with Crippen LogP contribution in [0.4, 0.5) is 0 Å². The van der Waals surface area contributed by atoms with Gasteiger partial charge in [-0.15, -0.1) is 0 Å². The molecule has 0 N–H and O–H groups in total. The largest absolute Gasteiger partial charge is 0.497 e. The van der Waals surface area contributed by atoms with Crippen LogP contribution in [-0.4, -0.2) is 22.9 Å². The molecule has 0 aliphatic carbocycles. The zero-order valence-corrected chi connectivity index (χ0v) is 11.8. The maximum Gasteiger partial charge on any atom is 0.497 e. The highest BCUT2D eigenvalue weighted by atomic mass is 35.5. The fraction of sp³-hybridized carbons (Fsp3) is 0.667. The Morgan fingerprint density at radius 3 is 2.12 bits per heavy atom. The second kappa shape index (κ2) is 4.04. The zero-order valence-electron chi connectivity index (χ0n) is 11.1. The van der Waals surface area contributed by atoms with Gasteiger partial charge in [-0.1, -0.05) is 11.6 Å². The second-order valence-electron chi connectivity index (χ2n) is 5.48. The molecule has 2 rings (SSSR count). The molecule has 0 atom stereocenters. The van der Waals surface area contributed by atoms with E-state index >= 15 is 0 Å². The normalized spacial score (nSPS) is 22.1. The van der Waals surface area contributed by atoms with Crippen molar-refractivity contribution in [3.8, 4) is 0 Å². The van der Waals surface area contributed by atoms with E-state index in [1.165, 1.54) is 0 Å². The van der Waals surface area contributed by atoms with Crippen molar-refractivity contribution in [1.82, 2.24) is 4.57 Å². The van der Waals surface area contributed by atoms with Gasteiger partial charge in [0, 0.05) is 24.4 Å². The summed E-state index contributed by atoms with van der Waals surface area (Å²) in [5.74, 6) is 0. The van der Waals surface area contributed by atoms with Crippen LogP contribution in [0.25, 0.3) is 0 Å². The molecule has 0 spiro atoms. The maximum atomic E-state index is 6.21. The van der Waals surface area contributed by atoms with E-state index in [4.69, 9.17) is 20.9 Å². The molecule has 1 aliphatic rings. The first kappa shape index (κ1) is 13.0. The molecule has 0 amide bonds. The third kappa shape index (κ3) is 2.14. The Hall–Kier alpha value is -0.445. The third-order valence-corrected chi connectivity index (χ3v) is 4.05. The molecule has 0 bridgehead atoms. The van der Waals surface area contributed by atoms with E-state index < -0.39 is 0 Å².